The summed E-state index contributed by atoms with van der Waals surface area (Å²) in [6, 6.07) is 14.1. The van der Waals surface area contributed by atoms with E-state index in [1.54, 1.807) is 0 Å². The van der Waals surface area contributed by atoms with Gasteiger partial charge in [-0.1, -0.05) is 35.9 Å². The Morgan fingerprint density at radius 1 is 1.11 bits per heavy atom. The molecule has 2 heterocycles. The molecule has 2 aromatic carbocycles. The maximum Gasteiger partial charge on any atom is 0.260 e. The zero-order valence-electron chi connectivity index (χ0n) is 15.1. The Bertz CT molecular complexity index is 1240. The highest BCUT2D eigenvalue weighted by Gasteiger charge is 2.15. The van der Waals surface area contributed by atoms with Gasteiger partial charge in [-0.25, -0.2) is 4.98 Å². The van der Waals surface area contributed by atoms with E-state index >= 15 is 0 Å². The first kappa shape index (κ1) is 17.5. The Balaban J connectivity index is 1.44. The lowest BCUT2D eigenvalue weighted by Crippen LogP contribution is -2.14. The third-order valence-electron chi connectivity index (χ3n) is 5.22. The van der Waals surface area contributed by atoms with Gasteiger partial charge in [-0.2, -0.15) is 0 Å². The number of fused-ring (bicyclic) bond motifs is 2. The fourth-order valence-electron chi connectivity index (χ4n) is 3.82. The molecule has 140 valence electrons. The van der Waals surface area contributed by atoms with Gasteiger partial charge in [0.15, 0.2) is 0 Å². The van der Waals surface area contributed by atoms with Crippen molar-refractivity contribution < 1.29 is 0 Å². The predicted molar refractivity (Wildman–Crippen MR) is 116 cm³/mol. The average molecular weight is 408 g/mol. The molecule has 0 bridgehead atoms. The number of nitrogens with one attached hydrogen (secondary N) is 2. The van der Waals surface area contributed by atoms with Gasteiger partial charge < -0.3 is 10.3 Å². The SMILES string of the molecule is O=c1[nH]c(CNc2ccc3c(c2)CCC3)nc2scc(-c3ccccc3Cl)c12. The molecule has 0 radical (unpaired) electrons. The van der Waals surface area contributed by atoms with Gasteiger partial charge in [0.2, 0.25) is 0 Å². The largest absolute Gasteiger partial charge is 0.378 e. The van der Waals surface area contributed by atoms with Crippen LogP contribution in [0.25, 0.3) is 21.3 Å². The van der Waals surface area contributed by atoms with Crippen LogP contribution < -0.4 is 10.9 Å². The van der Waals surface area contributed by atoms with Crippen LogP contribution in [0.2, 0.25) is 5.02 Å². The van der Waals surface area contributed by atoms with Gasteiger partial charge in [-0.15, -0.1) is 11.3 Å². The minimum atomic E-state index is -0.132. The van der Waals surface area contributed by atoms with Crippen molar-refractivity contribution in [3.05, 3.63) is 80.2 Å². The summed E-state index contributed by atoms with van der Waals surface area (Å²) in [5.41, 5.74) is 5.48. The Morgan fingerprint density at radius 3 is 2.86 bits per heavy atom. The first-order valence-corrected chi connectivity index (χ1v) is 10.6. The van der Waals surface area contributed by atoms with Crippen LogP contribution in [0.15, 0.2) is 52.6 Å². The maximum atomic E-state index is 12.8. The molecular formula is C22H18ClN3OS. The van der Waals surface area contributed by atoms with Crippen molar-refractivity contribution in [2.45, 2.75) is 25.8 Å². The second-order valence-corrected chi connectivity index (χ2v) is 8.28. The molecule has 2 aromatic heterocycles. The molecule has 1 aliphatic carbocycles. The van der Waals surface area contributed by atoms with E-state index in [-0.39, 0.29) is 5.56 Å². The number of thiophene rings is 1. The van der Waals surface area contributed by atoms with Crippen LogP contribution in [0.4, 0.5) is 5.69 Å². The molecule has 0 aliphatic heterocycles. The number of anilines is 1. The van der Waals surface area contributed by atoms with Crippen LogP contribution in [0.3, 0.4) is 0 Å². The lowest BCUT2D eigenvalue weighted by Gasteiger charge is -2.08. The first-order valence-electron chi connectivity index (χ1n) is 9.30. The second-order valence-electron chi connectivity index (χ2n) is 7.01. The molecule has 0 saturated heterocycles. The number of aromatic nitrogens is 2. The Labute approximate surface area is 171 Å². The van der Waals surface area contributed by atoms with E-state index in [4.69, 9.17) is 11.6 Å². The highest BCUT2D eigenvalue weighted by Crippen LogP contribution is 2.34. The number of halogens is 1. The third-order valence-corrected chi connectivity index (χ3v) is 6.42. The van der Waals surface area contributed by atoms with Gasteiger partial charge in [0.05, 0.1) is 11.9 Å². The van der Waals surface area contributed by atoms with Crippen molar-refractivity contribution in [1.29, 1.82) is 0 Å². The molecule has 6 heteroatoms. The molecule has 0 unspecified atom stereocenters. The average Bonchev–Trinajstić information content (AvgIpc) is 3.33. The molecule has 0 spiro atoms. The molecule has 0 fully saturated rings. The van der Waals surface area contributed by atoms with Gasteiger partial charge in [0.1, 0.15) is 10.7 Å². The van der Waals surface area contributed by atoms with Gasteiger partial charge >= 0.3 is 0 Å². The fraction of sp³-hybridized carbons (Fsp3) is 0.182. The zero-order chi connectivity index (χ0) is 19.1. The summed E-state index contributed by atoms with van der Waals surface area (Å²) in [6.45, 7) is 0.475. The van der Waals surface area contributed by atoms with Crippen molar-refractivity contribution in [2.75, 3.05) is 5.32 Å². The van der Waals surface area contributed by atoms with Gasteiger partial charge in [-0.3, -0.25) is 4.79 Å². The van der Waals surface area contributed by atoms with Crippen LogP contribution in [0.5, 0.6) is 0 Å². The summed E-state index contributed by atoms with van der Waals surface area (Å²) in [6.07, 6.45) is 3.55. The standard InChI is InChI=1S/C22H18ClN3OS/c23-18-7-2-1-6-16(18)17-12-28-22-20(17)21(27)25-19(26-22)11-24-15-9-8-13-4-3-5-14(13)10-15/h1-2,6-10,12,24H,3-5,11H2,(H,25,26,27). The topological polar surface area (TPSA) is 57.8 Å². The molecule has 2 N–H and O–H groups in total. The summed E-state index contributed by atoms with van der Waals surface area (Å²) in [4.78, 5) is 21.1. The molecule has 5 rings (SSSR count). The van der Waals surface area contributed by atoms with E-state index in [0.29, 0.717) is 22.8 Å². The van der Waals surface area contributed by atoms with Gasteiger partial charge in [0, 0.05) is 27.2 Å². The molecular weight excluding hydrogens is 390 g/mol. The number of benzene rings is 2. The molecule has 0 amide bonds. The summed E-state index contributed by atoms with van der Waals surface area (Å²) >= 11 is 7.79. The monoisotopic (exact) mass is 407 g/mol. The van der Waals surface area contributed by atoms with Crippen LogP contribution >= 0.6 is 22.9 Å². The van der Waals surface area contributed by atoms with Crippen LogP contribution in [0.1, 0.15) is 23.4 Å². The molecule has 0 atom stereocenters. The zero-order valence-corrected chi connectivity index (χ0v) is 16.7. The maximum absolute atomic E-state index is 12.8. The lowest BCUT2D eigenvalue weighted by atomic mass is 10.1. The van der Waals surface area contributed by atoms with Crippen LogP contribution in [0, 0.1) is 0 Å². The number of nitrogens with zero attached hydrogens (tertiary/aromatic N) is 1. The highest BCUT2D eigenvalue weighted by atomic mass is 35.5. The van der Waals surface area contributed by atoms with Crippen LogP contribution in [-0.4, -0.2) is 9.97 Å². The molecule has 1 aliphatic rings. The minimum Gasteiger partial charge on any atom is -0.378 e. The van der Waals surface area contributed by atoms with Crippen LogP contribution in [-0.2, 0) is 19.4 Å². The summed E-state index contributed by atoms with van der Waals surface area (Å²) < 4.78 is 0. The number of hydrogen-bond donors (Lipinski definition) is 2. The van der Waals surface area contributed by atoms with Gasteiger partial charge in [0.25, 0.3) is 5.56 Å². The van der Waals surface area contributed by atoms with E-state index in [1.165, 1.54) is 35.3 Å². The smallest absolute Gasteiger partial charge is 0.260 e. The highest BCUT2D eigenvalue weighted by molar-refractivity contribution is 7.17. The summed E-state index contributed by atoms with van der Waals surface area (Å²) in [7, 11) is 0. The lowest BCUT2D eigenvalue weighted by molar-refractivity contribution is 0.911. The molecule has 0 saturated carbocycles. The number of aryl methyl sites for hydroxylation is 2. The minimum absolute atomic E-state index is 0.132. The van der Waals surface area contributed by atoms with Gasteiger partial charge in [-0.05, 0) is 48.6 Å². The van der Waals surface area contributed by atoms with E-state index in [0.717, 1.165) is 28.1 Å². The fourth-order valence-corrected chi connectivity index (χ4v) is 5.02. The third kappa shape index (κ3) is 3.11. The van der Waals surface area contributed by atoms with Crippen molar-refractivity contribution in [2.24, 2.45) is 0 Å². The van der Waals surface area contributed by atoms with E-state index in [9.17, 15) is 4.79 Å². The van der Waals surface area contributed by atoms with E-state index in [2.05, 4.69) is 33.5 Å². The van der Waals surface area contributed by atoms with E-state index < -0.39 is 0 Å². The Hall–Kier alpha value is -2.63. The number of aromatic amines is 1. The quantitative estimate of drug-likeness (QED) is 0.475. The Kier molecular flexibility index (Phi) is 4.41. The van der Waals surface area contributed by atoms with Crippen molar-refractivity contribution in [1.82, 2.24) is 9.97 Å². The van der Waals surface area contributed by atoms with E-state index in [1.807, 2.05) is 29.6 Å². The predicted octanol–water partition coefficient (Wildman–Crippen LogP) is 5.41. The second kappa shape index (κ2) is 7.08. The van der Waals surface area contributed by atoms with Crippen molar-refractivity contribution in [3.63, 3.8) is 0 Å². The molecule has 4 nitrogen and oxygen atoms in total. The summed E-state index contributed by atoms with van der Waals surface area (Å²) in [5.74, 6) is 0.630. The first-order chi connectivity index (χ1) is 13.7. The molecule has 28 heavy (non-hydrogen) atoms. The van der Waals surface area contributed by atoms with Crippen molar-refractivity contribution >= 4 is 38.8 Å². The summed E-state index contributed by atoms with van der Waals surface area (Å²) in [5, 5.41) is 6.56. The Morgan fingerprint density at radius 2 is 1.96 bits per heavy atom. The number of hydrogen-bond acceptors (Lipinski definition) is 4. The number of H-pyrrole nitrogens is 1. The molecule has 4 aromatic rings. The van der Waals surface area contributed by atoms with Crippen molar-refractivity contribution in [3.8, 4) is 11.1 Å². The number of rotatable bonds is 4. The normalized spacial score (nSPS) is 13.0.